The van der Waals surface area contributed by atoms with Gasteiger partial charge in [-0.3, -0.25) is 0 Å². The van der Waals surface area contributed by atoms with Crippen molar-refractivity contribution in [3.05, 3.63) is 0 Å². The zero-order valence-electron chi connectivity index (χ0n) is 7.83. The Labute approximate surface area is 74.3 Å². The van der Waals surface area contributed by atoms with E-state index in [1.165, 1.54) is 0 Å². The van der Waals surface area contributed by atoms with Crippen LogP contribution in [0.4, 0.5) is 0 Å². The van der Waals surface area contributed by atoms with Gasteiger partial charge < -0.3 is 14.7 Å². The van der Waals surface area contributed by atoms with Crippen LogP contribution in [0.25, 0.3) is 0 Å². The highest BCUT2D eigenvalue weighted by molar-refractivity contribution is 4.71. The second-order valence-electron chi connectivity index (χ2n) is 3.44. The van der Waals surface area contributed by atoms with Gasteiger partial charge in [0.05, 0.1) is 6.10 Å². The van der Waals surface area contributed by atoms with Crippen LogP contribution in [-0.4, -0.2) is 49.5 Å². The number of piperidine rings is 1. The molecule has 1 rings (SSSR count). The van der Waals surface area contributed by atoms with Crippen LogP contribution >= 0.6 is 0 Å². The second-order valence-corrected chi connectivity index (χ2v) is 3.44. The van der Waals surface area contributed by atoms with Gasteiger partial charge in [-0.25, -0.2) is 0 Å². The Hall–Kier alpha value is -0.120. The molecule has 1 N–H and O–H groups in total. The molecule has 0 spiro atoms. The topological polar surface area (TPSA) is 32.7 Å². The molecule has 1 aliphatic heterocycles. The van der Waals surface area contributed by atoms with Crippen molar-refractivity contribution in [3.8, 4) is 0 Å². The van der Waals surface area contributed by atoms with Crippen LogP contribution in [0.2, 0.25) is 0 Å². The zero-order chi connectivity index (χ0) is 8.81. The molecule has 0 aromatic rings. The van der Waals surface area contributed by atoms with Crippen molar-refractivity contribution < 1.29 is 9.84 Å². The summed E-state index contributed by atoms with van der Waals surface area (Å²) in [5.74, 6) is 0. The van der Waals surface area contributed by atoms with Crippen molar-refractivity contribution in [2.75, 3.05) is 33.4 Å². The maximum absolute atomic E-state index is 9.36. The highest BCUT2D eigenvalue weighted by atomic mass is 16.5. The van der Waals surface area contributed by atoms with E-state index in [-0.39, 0.29) is 6.10 Å². The molecule has 1 aliphatic rings. The van der Waals surface area contributed by atoms with Gasteiger partial charge in [0.15, 0.2) is 0 Å². The smallest absolute Gasteiger partial charge is 0.0667 e. The summed E-state index contributed by atoms with van der Waals surface area (Å²) in [7, 11) is 1.73. The first-order valence-corrected chi connectivity index (χ1v) is 4.72. The van der Waals surface area contributed by atoms with E-state index in [0.717, 1.165) is 45.5 Å². The summed E-state index contributed by atoms with van der Waals surface area (Å²) in [5.41, 5.74) is 0. The molecule has 3 heteroatoms. The molecule has 0 aliphatic carbocycles. The number of likely N-dealkylation sites (tertiary alicyclic amines) is 1. The largest absolute Gasteiger partial charge is 0.392 e. The number of hydrogen-bond acceptors (Lipinski definition) is 3. The summed E-state index contributed by atoms with van der Waals surface area (Å²) in [4.78, 5) is 2.31. The molecule has 3 nitrogen and oxygen atoms in total. The Kier molecular flexibility index (Phi) is 4.58. The molecular formula is C9H19NO2. The molecule has 0 amide bonds. The minimum atomic E-state index is -0.0960. The van der Waals surface area contributed by atoms with E-state index >= 15 is 0 Å². The van der Waals surface area contributed by atoms with E-state index in [4.69, 9.17) is 4.74 Å². The first-order chi connectivity index (χ1) is 5.83. The fourth-order valence-electron chi connectivity index (χ4n) is 1.67. The average molecular weight is 173 g/mol. The number of hydrogen-bond donors (Lipinski definition) is 1. The molecule has 0 saturated carbocycles. The van der Waals surface area contributed by atoms with Crippen LogP contribution in [0, 0.1) is 0 Å². The van der Waals surface area contributed by atoms with Gasteiger partial charge in [-0.2, -0.15) is 0 Å². The van der Waals surface area contributed by atoms with E-state index in [9.17, 15) is 5.11 Å². The SMILES string of the molecule is COCCCN1CCCC(O)C1. The van der Waals surface area contributed by atoms with Gasteiger partial charge in [0, 0.05) is 26.8 Å². The van der Waals surface area contributed by atoms with Gasteiger partial charge in [-0.05, 0) is 25.8 Å². The third kappa shape index (κ3) is 3.52. The molecule has 1 heterocycles. The Morgan fingerprint density at radius 2 is 2.42 bits per heavy atom. The number of aliphatic hydroxyl groups is 1. The third-order valence-electron chi connectivity index (χ3n) is 2.30. The lowest BCUT2D eigenvalue weighted by Gasteiger charge is -2.29. The van der Waals surface area contributed by atoms with Gasteiger partial charge in [0.25, 0.3) is 0 Å². The number of methoxy groups -OCH3 is 1. The highest BCUT2D eigenvalue weighted by Crippen LogP contribution is 2.09. The van der Waals surface area contributed by atoms with E-state index in [1.54, 1.807) is 7.11 Å². The van der Waals surface area contributed by atoms with Gasteiger partial charge in [-0.1, -0.05) is 0 Å². The summed E-state index contributed by atoms with van der Waals surface area (Å²) < 4.78 is 4.97. The van der Waals surface area contributed by atoms with Gasteiger partial charge in [0.2, 0.25) is 0 Å². The van der Waals surface area contributed by atoms with E-state index < -0.39 is 0 Å². The predicted molar refractivity (Wildman–Crippen MR) is 48.2 cm³/mol. The Morgan fingerprint density at radius 1 is 1.58 bits per heavy atom. The summed E-state index contributed by atoms with van der Waals surface area (Å²) in [6.45, 7) is 3.88. The average Bonchev–Trinajstić information content (AvgIpc) is 2.05. The third-order valence-corrected chi connectivity index (χ3v) is 2.30. The van der Waals surface area contributed by atoms with Crippen LogP contribution in [0.3, 0.4) is 0 Å². The summed E-state index contributed by atoms with van der Waals surface area (Å²) >= 11 is 0. The van der Waals surface area contributed by atoms with Crippen LogP contribution in [0.15, 0.2) is 0 Å². The zero-order valence-corrected chi connectivity index (χ0v) is 7.83. The number of nitrogens with zero attached hydrogens (tertiary/aromatic N) is 1. The molecule has 1 atom stereocenters. The van der Waals surface area contributed by atoms with E-state index in [1.807, 2.05) is 0 Å². The van der Waals surface area contributed by atoms with Crippen molar-refractivity contribution in [2.24, 2.45) is 0 Å². The number of ether oxygens (including phenoxy) is 1. The minimum Gasteiger partial charge on any atom is -0.392 e. The number of aliphatic hydroxyl groups excluding tert-OH is 1. The standard InChI is InChI=1S/C9H19NO2/c1-12-7-3-6-10-5-2-4-9(11)8-10/h9,11H,2-8H2,1H3. The quantitative estimate of drug-likeness (QED) is 0.628. The molecule has 1 fully saturated rings. The van der Waals surface area contributed by atoms with Crippen molar-refractivity contribution in [1.82, 2.24) is 4.90 Å². The maximum atomic E-state index is 9.36. The summed E-state index contributed by atoms with van der Waals surface area (Å²) in [6, 6.07) is 0. The Balaban J connectivity index is 2.06. The minimum absolute atomic E-state index is 0.0960. The fourth-order valence-corrected chi connectivity index (χ4v) is 1.67. The van der Waals surface area contributed by atoms with Gasteiger partial charge >= 0.3 is 0 Å². The van der Waals surface area contributed by atoms with Crippen LogP contribution in [0.5, 0.6) is 0 Å². The molecule has 12 heavy (non-hydrogen) atoms. The molecule has 0 radical (unpaired) electrons. The molecule has 0 bridgehead atoms. The lowest BCUT2D eigenvalue weighted by molar-refractivity contribution is 0.0650. The Morgan fingerprint density at radius 3 is 3.08 bits per heavy atom. The van der Waals surface area contributed by atoms with Crippen molar-refractivity contribution in [2.45, 2.75) is 25.4 Å². The van der Waals surface area contributed by atoms with Crippen LogP contribution in [-0.2, 0) is 4.74 Å². The van der Waals surface area contributed by atoms with Crippen LogP contribution < -0.4 is 0 Å². The number of β-amino-alcohol motifs (C(OH)–C–C–N with tert-alkyl or cyclic N) is 1. The highest BCUT2D eigenvalue weighted by Gasteiger charge is 2.16. The Bertz CT molecular complexity index is 119. The molecule has 0 aromatic heterocycles. The van der Waals surface area contributed by atoms with Crippen molar-refractivity contribution >= 4 is 0 Å². The first kappa shape index (κ1) is 9.96. The predicted octanol–water partition coefficient (Wildman–Crippen LogP) is 0.480. The fraction of sp³-hybridized carbons (Fsp3) is 1.00. The summed E-state index contributed by atoms with van der Waals surface area (Å²) in [6.07, 6.45) is 3.08. The van der Waals surface area contributed by atoms with Crippen LogP contribution in [0.1, 0.15) is 19.3 Å². The number of rotatable bonds is 4. The van der Waals surface area contributed by atoms with E-state index in [0.29, 0.717) is 0 Å². The molecular weight excluding hydrogens is 154 g/mol. The molecule has 0 aromatic carbocycles. The van der Waals surface area contributed by atoms with Crippen molar-refractivity contribution in [3.63, 3.8) is 0 Å². The molecule has 1 saturated heterocycles. The second kappa shape index (κ2) is 5.51. The van der Waals surface area contributed by atoms with Gasteiger partial charge in [-0.15, -0.1) is 0 Å². The monoisotopic (exact) mass is 173 g/mol. The lowest BCUT2D eigenvalue weighted by Crippen LogP contribution is -2.38. The maximum Gasteiger partial charge on any atom is 0.0667 e. The first-order valence-electron chi connectivity index (χ1n) is 4.72. The van der Waals surface area contributed by atoms with Crippen molar-refractivity contribution in [1.29, 1.82) is 0 Å². The molecule has 1 unspecified atom stereocenters. The van der Waals surface area contributed by atoms with Gasteiger partial charge in [0.1, 0.15) is 0 Å². The summed E-state index contributed by atoms with van der Waals surface area (Å²) in [5, 5.41) is 9.36. The normalized spacial score (nSPS) is 26.0. The van der Waals surface area contributed by atoms with E-state index in [2.05, 4.69) is 4.90 Å². The molecule has 72 valence electrons. The lowest BCUT2D eigenvalue weighted by atomic mass is 10.1.